The first-order valence-electron chi connectivity index (χ1n) is 10.6. The lowest BCUT2D eigenvalue weighted by atomic mass is 9.93. The van der Waals surface area contributed by atoms with Crippen LogP contribution in [0.2, 0.25) is 0 Å². The van der Waals surface area contributed by atoms with Gasteiger partial charge in [0.05, 0.1) is 11.7 Å². The molecule has 27 heavy (non-hydrogen) atoms. The number of nitrogens with one attached hydrogen (secondary N) is 1. The largest absolute Gasteiger partial charge is 0.347 e. The number of carbonyl (C=O) groups is 2. The van der Waals surface area contributed by atoms with Crippen LogP contribution in [-0.2, 0) is 9.59 Å². The molecule has 0 spiro atoms. The molecular formula is C22H31N3O2. The van der Waals surface area contributed by atoms with E-state index in [4.69, 9.17) is 0 Å². The van der Waals surface area contributed by atoms with Crippen molar-refractivity contribution in [3.63, 3.8) is 0 Å². The Bertz CT molecular complexity index is 687. The molecule has 3 fully saturated rings. The van der Waals surface area contributed by atoms with Crippen molar-refractivity contribution in [3.8, 4) is 0 Å². The van der Waals surface area contributed by atoms with Crippen LogP contribution in [0, 0.1) is 24.7 Å². The molecule has 1 unspecified atom stereocenters. The number of rotatable bonds is 5. The number of aromatic nitrogens is 1. The molecule has 1 saturated heterocycles. The molecule has 3 aliphatic rings. The minimum Gasteiger partial charge on any atom is -0.347 e. The van der Waals surface area contributed by atoms with Gasteiger partial charge in [0.2, 0.25) is 11.8 Å². The van der Waals surface area contributed by atoms with Gasteiger partial charge in [0.25, 0.3) is 0 Å². The lowest BCUT2D eigenvalue weighted by Crippen LogP contribution is -2.45. The van der Waals surface area contributed by atoms with Crippen molar-refractivity contribution < 1.29 is 9.59 Å². The van der Waals surface area contributed by atoms with Crippen molar-refractivity contribution in [2.45, 2.75) is 64.3 Å². The van der Waals surface area contributed by atoms with Gasteiger partial charge in [-0.3, -0.25) is 14.6 Å². The molecule has 2 aliphatic carbocycles. The number of aryl methyl sites for hydroxylation is 1. The minimum absolute atomic E-state index is 0.0173. The van der Waals surface area contributed by atoms with Gasteiger partial charge in [-0.2, -0.15) is 0 Å². The number of pyridine rings is 1. The van der Waals surface area contributed by atoms with E-state index in [0.717, 1.165) is 63.0 Å². The predicted molar refractivity (Wildman–Crippen MR) is 104 cm³/mol. The summed E-state index contributed by atoms with van der Waals surface area (Å²) in [5.41, 5.74) is 1.98. The van der Waals surface area contributed by atoms with Crippen LogP contribution in [0.4, 0.5) is 0 Å². The molecule has 5 nitrogen and oxygen atoms in total. The Morgan fingerprint density at radius 2 is 1.74 bits per heavy atom. The van der Waals surface area contributed by atoms with Gasteiger partial charge in [0, 0.05) is 30.6 Å². The van der Waals surface area contributed by atoms with Crippen molar-refractivity contribution >= 4 is 11.8 Å². The van der Waals surface area contributed by atoms with E-state index in [1.54, 1.807) is 0 Å². The first kappa shape index (κ1) is 18.5. The summed E-state index contributed by atoms with van der Waals surface area (Å²) in [5.74, 6) is 1.24. The van der Waals surface area contributed by atoms with Crippen LogP contribution in [0.5, 0.6) is 0 Å². The van der Waals surface area contributed by atoms with Crippen molar-refractivity contribution in [2.75, 3.05) is 13.1 Å². The highest BCUT2D eigenvalue weighted by molar-refractivity contribution is 5.81. The summed E-state index contributed by atoms with van der Waals surface area (Å²) in [4.78, 5) is 32.1. The Labute approximate surface area is 161 Å². The molecule has 1 aromatic rings. The second-order valence-electron chi connectivity index (χ2n) is 8.61. The molecule has 146 valence electrons. The van der Waals surface area contributed by atoms with Crippen molar-refractivity contribution in [1.29, 1.82) is 0 Å². The highest BCUT2D eigenvalue weighted by Gasteiger charge is 2.37. The summed E-state index contributed by atoms with van der Waals surface area (Å²) in [5, 5.41) is 3.29. The average molecular weight is 370 g/mol. The first-order valence-corrected chi connectivity index (χ1v) is 10.6. The van der Waals surface area contributed by atoms with Gasteiger partial charge in [0.15, 0.2) is 0 Å². The van der Waals surface area contributed by atoms with Crippen LogP contribution in [0.25, 0.3) is 0 Å². The van der Waals surface area contributed by atoms with Crippen molar-refractivity contribution in [2.24, 2.45) is 17.8 Å². The highest BCUT2D eigenvalue weighted by atomic mass is 16.2. The van der Waals surface area contributed by atoms with Crippen LogP contribution in [0.1, 0.15) is 68.8 Å². The van der Waals surface area contributed by atoms with Gasteiger partial charge in [-0.25, -0.2) is 0 Å². The molecule has 0 radical (unpaired) electrons. The summed E-state index contributed by atoms with van der Waals surface area (Å²) in [6.07, 6.45) is 8.35. The zero-order valence-corrected chi connectivity index (χ0v) is 16.3. The molecule has 1 aromatic heterocycles. The van der Waals surface area contributed by atoms with Crippen LogP contribution < -0.4 is 5.32 Å². The molecule has 0 bridgehead atoms. The topological polar surface area (TPSA) is 62.3 Å². The van der Waals surface area contributed by atoms with E-state index in [2.05, 4.69) is 10.3 Å². The molecule has 2 saturated carbocycles. The molecule has 0 aromatic carbocycles. The van der Waals surface area contributed by atoms with E-state index in [9.17, 15) is 9.59 Å². The van der Waals surface area contributed by atoms with E-state index in [1.807, 2.05) is 30.0 Å². The van der Waals surface area contributed by atoms with E-state index < -0.39 is 0 Å². The quantitative estimate of drug-likeness (QED) is 0.865. The Morgan fingerprint density at radius 1 is 1.04 bits per heavy atom. The zero-order chi connectivity index (χ0) is 18.8. The fourth-order valence-electron chi connectivity index (χ4n) is 4.66. The molecule has 2 amide bonds. The molecule has 5 heteroatoms. The van der Waals surface area contributed by atoms with Crippen molar-refractivity contribution in [3.05, 3.63) is 29.6 Å². The zero-order valence-electron chi connectivity index (χ0n) is 16.3. The standard InChI is InChI=1S/C22H31N3O2/c1-15-5-4-8-19(23-15)20(16-9-10-16)24-21(26)17-11-13-25(14-12-17)22(27)18-6-2-3-7-18/h4-5,8,16-18,20H,2-3,6-7,9-14H2,1H3,(H,24,26). The summed E-state index contributed by atoms with van der Waals surface area (Å²) in [7, 11) is 0. The fraction of sp³-hybridized carbons (Fsp3) is 0.682. The van der Waals surface area contributed by atoms with Crippen LogP contribution >= 0.6 is 0 Å². The van der Waals surface area contributed by atoms with Gasteiger partial charge in [0.1, 0.15) is 0 Å². The number of nitrogens with zero attached hydrogens (tertiary/aromatic N) is 2. The Hall–Kier alpha value is -1.91. The van der Waals surface area contributed by atoms with Gasteiger partial charge in [-0.15, -0.1) is 0 Å². The molecule has 1 aliphatic heterocycles. The Kier molecular flexibility index (Phi) is 5.46. The van der Waals surface area contributed by atoms with Gasteiger partial charge >= 0.3 is 0 Å². The van der Waals surface area contributed by atoms with Crippen molar-refractivity contribution in [1.82, 2.24) is 15.2 Å². The smallest absolute Gasteiger partial charge is 0.225 e. The van der Waals surface area contributed by atoms with E-state index >= 15 is 0 Å². The first-order chi connectivity index (χ1) is 13.1. The second-order valence-corrected chi connectivity index (χ2v) is 8.61. The highest BCUT2D eigenvalue weighted by Crippen LogP contribution is 2.40. The molecule has 4 rings (SSSR count). The lowest BCUT2D eigenvalue weighted by molar-refractivity contribution is -0.139. The Balaban J connectivity index is 1.32. The Morgan fingerprint density at radius 3 is 2.37 bits per heavy atom. The number of amides is 2. The average Bonchev–Trinajstić information content (AvgIpc) is 3.38. The maximum atomic E-state index is 12.9. The second kappa shape index (κ2) is 7.99. The SMILES string of the molecule is Cc1cccc(C(NC(=O)C2CCN(C(=O)C3CCCC3)CC2)C2CC2)n1. The van der Waals surface area contributed by atoms with Crippen LogP contribution in [0.15, 0.2) is 18.2 Å². The maximum Gasteiger partial charge on any atom is 0.225 e. The third-order valence-corrected chi connectivity index (χ3v) is 6.50. The predicted octanol–water partition coefficient (Wildman–Crippen LogP) is 3.39. The number of piperidine rings is 1. The summed E-state index contributed by atoms with van der Waals surface area (Å²) in [6.45, 7) is 3.45. The number of carbonyl (C=O) groups excluding carboxylic acids is 2. The third kappa shape index (κ3) is 4.33. The maximum absolute atomic E-state index is 12.9. The van der Waals surface area contributed by atoms with Gasteiger partial charge in [-0.05, 0) is 63.5 Å². The molecule has 1 atom stereocenters. The fourth-order valence-corrected chi connectivity index (χ4v) is 4.66. The van der Waals surface area contributed by atoms with E-state index in [0.29, 0.717) is 11.8 Å². The third-order valence-electron chi connectivity index (χ3n) is 6.50. The molecule has 1 N–H and O–H groups in total. The molecule has 2 heterocycles. The number of likely N-dealkylation sites (tertiary alicyclic amines) is 1. The summed E-state index contributed by atoms with van der Waals surface area (Å²) >= 11 is 0. The van der Waals surface area contributed by atoms with E-state index in [-0.39, 0.29) is 23.8 Å². The number of hydrogen-bond donors (Lipinski definition) is 1. The summed E-state index contributed by atoms with van der Waals surface area (Å²) in [6, 6.07) is 6.08. The lowest BCUT2D eigenvalue weighted by Gasteiger charge is -2.33. The number of hydrogen-bond acceptors (Lipinski definition) is 3. The summed E-state index contributed by atoms with van der Waals surface area (Å²) < 4.78 is 0. The normalized spacial score (nSPS) is 22.6. The monoisotopic (exact) mass is 369 g/mol. The van der Waals surface area contributed by atoms with Crippen LogP contribution in [-0.4, -0.2) is 34.8 Å². The minimum atomic E-state index is 0.0173. The molecular weight excluding hydrogens is 338 g/mol. The van der Waals surface area contributed by atoms with E-state index in [1.165, 1.54) is 12.8 Å². The van der Waals surface area contributed by atoms with Gasteiger partial charge in [-0.1, -0.05) is 18.9 Å². The van der Waals surface area contributed by atoms with Gasteiger partial charge < -0.3 is 10.2 Å². The van der Waals surface area contributed by atoms with Crippen LogP contribution in [0.3, 0.4) is 0 Å².